The third-order valence-electron chi connectivity index (χ3n) is 3.23. The number of carbonyl (C=O) groups excluding carboxylic acids is 3. The fourth-order valence-electron chi connectivity index (χ4n) is 1.98. The topological polar surface area (TPSA) is 97.3 Å². The number of Topliss-reactive ketones (excluding diaryl/α,β-unsaturated/α-hetero) is 1. The molecule has 0 fully saturated rings. The molecule has 0 bridgehead atoms. The normalized spacial score (nSPS) is 10.0. The van der Waals surface area contributed by atoms with Crippen molar-refractivity contribution in [2.24, 2.45) is 0 Å². The average molecular weight is 327 g/mol. The lowest BCUT2D eigenvalue weighted by Crippen LogP contribution is -2.44. The molecule has 2 rings (SSSR count). The van der Waals surface area contributed by atoms with Crippen molar-refractivity contribution in [1.82, 2.24) is 15.4 Å². The van der Waals surface area contributed by atoms with Crippen LogP contribution in [0.1, 0.15) is 23.2 Å². The predicted molar refractivity (Wildman–Crippen MR) is 87.0 cm³/mol. The van der Waals surface area contributed by atoms with E-state index in [4.69, 9.17) is 0 Å². The number of hydrogen-bond donors (Lipinski definition) is 2. The van der Waals surface area contributed by atoms with Crippen molar-refractivity contribution < 1.29 is 14.4 Å². The molecule has 0 saturated carbocycles. The van der Waals surface area contributed by atoms with Crippen molar-refractivity contribution >= 4 is 17.6 Å². The number of hydrogen-bond acceptors (Lipinski definition) is 4. The van der Waals surface area contributed by atoms with Crippen LogP contribution in [0.25, 0.3) is 0 Å². The molecule has 0 aliphatic rings. The quantitative estimate of drug-likeness (QED) is 0.601. The largest absolute Gasteiger partial charge is 0.306 e. The Kier molecular flexibility index (Phi) is 6.01. The first-order valence-electron chi connectivity index (χ1n) is 7.37. The number of nitrogens with one attached hydrogen (secondary N) is 2. The van der Waals surface area contributed by atoms with E-state index in [1.54, 1.807) is 42.5 Å². The second-order valence-corrected chi connectivity index (χ2v) is 5.05. The van der Waals surface area contributed by atoms with E-state index in [1.165, 1.54) is 16.8 Å². The van der Waals surface area contributed by atoms with Gasteiger partial charge in [0.05, 0.1) is 0 Å². The van der Waals surface area contributed by atoms with Gasteiger partial charge < -0.3 is 4.57 Å². The number of ketones is 1. The Balaban J connectivity index is 1.73. The van der Waals surface area contributed by atoms with Crippen LogP contribution >= 0.6 is 0 Å². The Morgan fingerprint density at radius 3 is 2.21 bits per heavy atom. The number of amides is 2. The van der Waals surface area contributed by atoms with Crippen LogP contribution in [-0.2, 0) is 16.1 Å². The molecule has 2 N–H and O–H groups in total. The average Bonchev–Trinajstić information content (AvgIpc) is 2.60. The van der Waals surface area contributed by atoms with E-state index in [2.05, 4.69) is 10.9 Å². The number of carbonyl (C=O) groups is 3. The van der Waals surface area contributed by atoms with Gasteiger partial charge in [0.25, 0.3) is 11.5 Å². The van der Waals surface area contributed by atoms with Gasteiger partial charge in [0.1, 0.15) is 6.54 Å². The Morgan fingerprint density at radius 2 is 1.50 bits per heavy atom. The lowest BCUT2D eigenvalue weighted by Gasteiger charge is -2.08. The third kappa shape index (κ3) is 5.20. The van der Waals surface area contributed by atoms with E-state index in [0.717, 1.165) is 0 Å². The molecule has 2 amide bonds. The summed E-state index contributed by atoms with van der Waals surface area (Å²) >= 11 is 0. The van der Waals surface area contributed by atoms with Crippen molar-refractivity contribution in [3.8, 4) is 0 Å². The fraction of sp³-hybridized carbons (Fsp3) is 0.176. The van der Waals surface area contributed by atoms with Crippen LogP contribution in [0.15, 0.2) is 59.5 Å². The standard InChI is InChI=1S/C17H17N3O4/c21-14(13-6-2-1-3-7-13)9-10-15(22)18-19-16(23)12-20-11-5-4-8-17(20)24/h1-8,11H,9-10,12H2,(H,18,22)(H,19,23). The second-order valence-electron chi connectivity index (χ2n) is 5.05. The predicted octanol–water partition coefficient (Wildman–Crippen LogP) is 0.659. The summed E-state index contributed by atoms with van der Waals surface area (Å²) in [5, 5.41) is 0. The van der Waals surface area contributed by atoms with Crippen LogP contribution in [0.5, 0.6) is 0 Å². The van der Waals surface area contributed by atoms with Gasteiger partial charge in [0, 0.05) is 30.7 Å². The Hall–Kier alpha value is -3.22. The Labute approximate surface area is 138 Å². The highest BCUT2D eigenvalue weighted by Gasteiger charge is 2.10. The molecule has 0 atom stereocenters. The summed E-state index contributed by atoms with van der Waals surface area (Å²) in [5.41, 5.74) is 4.66. The van der Waals surface area contributed by atoms with Crippen molar-refractivity contribution in [2.75, 3.05) is 0 Å². The number of rotatable bonds is 6. The summed E-state index contributed by atoms with van der Waals surface area (Å²) in [4.78, 5) is 46.7. The van der Waals surface area contributed by atoms with Gasteiger partial charge in [0.15, 0.2) is 5.78 Å². The van der Waals surface area contributed by atoms with E-state index in [1.807, 2.05) is 0 Å². The lowest BCUT2D eigenvalue weighted by atomic mass is 10.1. The Morgan fingerprint density at radius 1 is 0.833 bits per heavy atom. The first kappa shape index (κ1) is 17.1. The van der Waals surface area contributed by atoms with Crippen LogP contribution in [0.2, 0.25) is 0 Å². The fourth-order valence-corrected chi connectivity index (χ4v) is 1.98. The second kappa shape index (κ2) is 8.42. The molecule has 24 heavy (non-hydrogen) atoms. The molecule has 1 aromatic heterocycles. The maximum Gasteiger partial charge on any atom is 0.258 e. The lowest BCUT2D eigenvalue weighted by molar-refractivity contribution is -0.129. The molecular weight excluding hydrogens is 310 g/mol. The smallest absolute Gasteiger partial charge is 0.258 e. The zero-order valence-corrected chi connectivity index (χ0v) is 12.9. The number of pyridine rings is 1. The van der Waals surface area contributed by atoms with Crippen LogP contribution in [0.3, 0.4) is 0 Å². The number of nitrogens with zero attached hydrogens (tertiary/aromatic N) is 1. The molecule has 124 valence electrons. The molecule has 0 spiro atoms. The van der Waals surface area contributed by atoms with Crippen molar-refractivity contribution in [2.45, 2.75) is 19.4 Å². The van der Waals surface area contributed by atoms with E-state index >= 15 is 0 Å². The van der Waals surface area contributed by atoms with Gasteiger partial charge in [-0.3, -0.25) is 30.0 Å². The molecule has 7 nitrogen and oxygen atoms in total. The number of benzene rings is 1. The first-order valence-corrected chi connectivity index (χ1v) is 7.37. The molecule has 1 aromatic carbocycles. The van der Waals surface area contributed by atoms with Crippen molar-refractivity contribution in [3.05, 3.63) is 70.6 Å². The highest BCUT2D eigenvalue weighted by Crippen LogP contribution is 2.04. The zero-order valence-electron chi connectivity index (χ0n) is 12.9. The van der Waals surface area contributed by atoms with Gasteiger partial charge >= 0.3 is 0 Å². The minimum absolute atomic E-state index is 0.0424. The maximum absolute atomic E-state index is 11.9. The van der Waals surface area contributed by atoms with Crippen LogP contribution in [0.4, 0.5) is 0 Å². The molecule has 1 heterocycles. The van der Waals surface area contributed by atoms with Crippen LogP contribution in [0, 0.1) is 0 Å². The summed E-state index contributed by atoms with van der Waals surface area (Å²) < 4.78 is 1.21. The van der Waals surface area contributed by atoms with Gasteiger partial charge in [0.2, 0.25) is 5.91 Å². The van der Waals surface area contributed by atoms with Crippen LogP contribution in [-0.4, -0.2) is 22.2 Å². The van der Waals surface area contributed by atoms with Gasteiger partial charge in [-0.05, 0) is 6.07 Å². The van der Waals surface area contributed by atoms with Crippen LogP contribution < -0.4 is 16.4 Å². The van der Waals surface area contributed by atoms with Gasteiger partial charge in [-0.2, -0.15) is 0 Å². The summed E-state index contributed by atoms with van der Waals surface area (Å²) in [7, 11) is 0. The molecule has 0 saturated heterocycles. The Bertz CT molecular complexity index is 784. The van der Waals surface area contributed by atoms with Gasteiger partial charge in [-0.25, -0.2) is 0 Å². The van der Waals surface area contributed by atoms with E-state index in [9.17, 15) is 19.2 Å². The first-order chi connectivity index (χ1) is 11.6. The van der Waals surface area contributed by atoms with Crippen molar-refractivity contribution in [1.29, 1.82) is 0 Å². The number of hydrazine groups is 1. The monoisotopic (exact) mass is 327 g/mol. The molecular formula is C17H17N3O4. The van der Waals surface area contributed by atoms with Gasteiger partial charge in [-0.1, -0.05) is 36.4 Å². The molecule has 7 heteroatoms. The number of aromatic nitrogens is 1. The van der Waals surface area contributed by atoms with E-state index in [-0.39, 0.29) is 30.7 Å². The molecule has 0 aliphatic heterocycles. The third-order valence-corrected chi connectivity index (χ3v) is 3.23. The highest BCUT2D eigenvalue weighted by molar-refractivity contribution is 5.98. The maximum atomic E-state index is 11.9. The van der Waals surface area contributed by atoms with E-state index in [0.29, 0.717) is 5.56 Å². The van der Waals surface area contributed by atoms with Gasteiger partial charge in [-0.15, -0.1) is 0 Å². The van der Waals surface area contributed by atoms with Crippen molar-refractivity contribution in [3.63, 3.8) is 0 Å². The zero-order chi connectivity index (χ0) is 17.4. The molecule has 0 aliphatic carbocycles. The summed E-state index contributed by atoms with van der Waals surface area (Å²) in [6, 6.07) is 13.2. The summed E-state index contributed by atoms with van der Waals surface area (Å²) in [5.74, 6) is -1.16. The molecule has 0 radical (unpaired) electrons. The minimum atomic E-state index is -0.536. The van der Waals surface area contributed by atoms with E-state index < -0.39 is 11.8 Å². The molecule has 0 unspecified atom stereocenters. The highest BCUT2D eigenvalue weighted by atomic mass is 16.2. The minimum Gasteiger partial charge on any atom is -0.306 e. The SMILES string of the molecule is O=C(CCC(=O)c1ccccc1)NNC(=O)Cn1ccccc1=O. The summed E-state index contributed by atoms with van der Waals surface area (Å²) in [6.45, 7) is -0.205. The summed E-state index contributed by atoms with van der Waals surface area (Å²) in [6.07, 6.45) is 1.48. The molecule has 2 aromatic rings.